The third-order valence-corrected chi connectivity index (χ3v) is 3.61. The highest BCUT2D eigenvalue weighted by Gasteiger charge is 2.19. The Morgan fingerprint density at radius 3 is 3.00 bits per heavy atom. The van der Waals surface area contributed by atoms with Gasteiger partial charge in [-0.1, -0.05) is 25.1 Å². The summed E-state index contributed by atoms with van der Waals surface area (Å²) in [6.07, 6.45) is 1.05. The van der Waals surface area contributed by atoms with E-state index in [2.05, 4.69) is 30.4 Å². The van der Waals surface area contributed by atoms with E-state index in [0.717, 1.165) is 37.6 Å². The molecule has 0 amide bonds. The van der Waals surface area contributed by atoms with Gasteiger partial charge in [-0.15, -0.1) is 11.8 Å². The van der Waals surface area contributed by atoms with Crippen LogP contribution < -0.4 is 10.1 Å². The van der Waals surface area contributed by atoms with Crippen molar-refractivity contribution in [2.45, 2.75) is 13.3 Å². The minimum absolute atomic E-state index is 0.794. The average Bonchev–Trinajstić information content (AvgIpc) is 2.38. The molecule has 1 aliphatic rings. The van der Waals surface area contributed by atoms with Gasteiger partial charge in [0.15, 0.2) is 0 Å². The second-order valence-corrected chi connectivity index (χ2v) is 4.98. The van der Waals surface area contributed by atoms with Gasteiger partial charge in [0.05, 0.1) is 11.9 Å². The van der Waals surface area contributed by atoms with Crippen LogP contribution in [0.25, 0.3) is 0 Å². The van der Waals surface area contributed by atoms with Gasteiger partial charge in [0.25, 0.3) is 0 Å². The number of nitrogens with one attached hydrogen (secondary N) is 1. The molecule has 1 saturated heterocycles. The molecule has 0 bridgehead atoms. The molecule has 0 spiro atoms. The van der Waals surface area contributed by atoms with E-state index in [1.807, 2.05) is 17.8 Å². The molecule has 1 N–H and O–H groups in total. The van der Waals surface area contributed by atoms with E-state index in [0.29, 0.717) is 0 Å². The van der Waals surface area contributed by atoms with Crippen LogP contribution >= 0.6 is 11.8 Å². The lowest BCUT2D eigenvalue weighted by atomic mass is 10.1. The van der Waals surface area contributed by atoms with Gasteiger partial charge in [-0.3, -0.25) is 0 Å². The molecule has 3 heteroatoms. The van der Waals surface area contributed by atoms with Crippen molar-refractivity contribution >= 4 is 11.8 Å². The highest BCUT2D eigenvalue weighted by Crippen LogP contribution is 2.34. The number of thioether (sulfide) groups is 1. The van der Waals surface area contributed by atoms with Crippen molar-refractivity contribution in [3.8, 4) is 5.75 Å². The zero-order chi connectivity index (χ0) is 11.2. The number of benzene rings is 1. The zero-order valence-electron chi connectivity index (χ0n) is 9.66. The molecule has 0 saturated carbocycles. The number of rotatable bonds is 4. The Kier molecular flexibility index (Phi) is 4.55. The lowest BCUT2D eigenvalue weighted by Crippen LogP contribution is -2.28. The van der Waals surface area contributed by atoms with E-state index in [4.69, 9.17) is 4.74 Å². The molecule has 2 rings (SSSR count). The Bertz CT molecular complexity index is 323. The molecule has 16 heavy (non-hydrogen) atoms. The van der Waals surface area contributed by atoms with Crippen LogP contribution in [0.1, 0.15) is 18.9 Å². The molecule has 0 unspecified atom stereocenters. The Morgan fingerprint density at radius 2 is 2.25 bits per heavy atom. The highest BCUT2D eigenvalue weighted by atomic mass is 32.2. The predicted octanol–water partition coefficient (Wildman–Crippen LogP) is 2.69. The van der Waals surface area contributed by atoms with E-state index in [1.54, 1.807) is 0 Å². The van der Waals surface area contributed by atoms with Crippen molar-refractivity contribution in [2.24, 2.45) is 0 Å². The monoisotopic (exact) mass is 236 g/mol. The van der Waals surface area contributed by atoms with Gasteiger partial charge >= 0.3 is 0 Å². The maximum atomic E-state index is 5.78. The van der Waals surface area contributed by atoms with Gasteiger partial charge in [0.1, 0.15) is 5.75 Å². The fraction of sp³-hybridized carbons (Fsp3) is 0.462. The Morgan fingerprint density at radius 1 is 1.38 bits per heavy atom. The van der Waals surface area contributed by atoms with E-state index in [1.165, 1.54) is 10.8 Å². The SMILES string of the molecule is CCCOc1ccccc1[C]1CNCCS1. The fourth-order valence-electron chi connectivity index (χ4n) is 1.71. The summed E-state index contributed by atoms with van der Waals surface area (Å²) in [7, 11) is 0. The summed E-state index contributed by atoms with van der Waals surface area (Å²) >= 11 is 1.94. The molecule has 2 nitrogen and oxygen atoms in total. The molecular weight excluding hydrogens is 218 g/mol. The van der Waals surface area contributed by atoms with Gasteiger partial charge in [-0.2, -0.15) is 0 Å². The minimum Gasteiger partial charge on any atom is -0.493 e. The van der Waals surface area contributed by atoms with Crippen LogP contribution in [0.3, 0.4) is 0 Å². The van der Waals surface area contributed by atoms with Gasteiger partial charge < -0.3 is 10.1 Å². The van der Waals surface area contributed by atoms with Gasteiger partial charge in [0, 0.05) is 24.4 Å². The van der Waals surface area contributed by atoms with E-state index < -0.39 is 0 Å². The fourth-order valence-corrected chi connectivity index (χ4v) is 2.73. The molecule has 1 aromatic carbocycles. The number of hydrogen-bond acceptors (Lipinski definition) is 3. The van der Waals surface area contributed by atoms with Crippen molar-refractivity contribution in [3.63, 3.8) is 0 Å². The van der Waals surface area contributed by atoms with Crippen molar-refractivity contribution in [1.82, 2.24) is 5.32 Å². The molecule has 1 fully saturated rings. The Balaban J connectivity index is 2.11. The molecule has 0 aromatic heterocycles. The lowest BCUT2D eigenvalue weighted by molar-refractivity contribution is 0.315. The maximum Gasteiger partial charge on any atom is 0.124 e. The maximum absolute atomic E-state index is 5.78. The summed E-state index contributed by atoms with van der Waals surface area (Å²) in [5, 5.41) is 4.80. The molecule has 0 aliphatic carbocycles. The lowest BCUT2D eigenvalue weighted by Gasteiger charge is -2.23. The highest BCUT2D eigenvalue weighted by molar-refractivity contribution is 8.02. The first-order chi connectivity index (χ1) is 7.92. The first-order valence-electron chi connectivity index (χ1n) is 5.83. The number of ether oxygens (including phenoxy) is 1. The quantitative estimate of drug-likeness (QED) is 0.868. The third-order valence-electron chi connectivity index (χ3n) is 2.49. The summed E-state index contributed by atoms with van der Waals surface area (Å²) in [5.41, 5.74) is 1.26. The van der Waals surface area contributed by atoms with Crippen LogP contribution in [0.4, 0.5) is 0 Å². The van der Waals surface area contributed by atoms with Crippen molar-refractivity contribution in [1.29, 1.82) is 0 Å². The molecule has 1 radical (unpaired) electrons. The number of para-hydroxylation sites is 1. The molecule has 1 aromatic rings. The summed E-state index contributed by atoms with van der Waals surface area (Å²) in [5.74, 6) is 2.17. The van der Waals surface area contributed by atoms with Crippen LogP contribution in [0, 0.1) is 5.25 Å². The minimum atomic E-state index is 0.794. The Labute approximate surface area is 102 Å². The molecule has 1 aliphatic heterocycles. The van der Waals surface area contributed by atoms with E-state index in [9.17, 15) is 0 Å². The first kappa shape index (κ1) is 11.8. The zero-order valence-corrected chi connectivity index (χ0v) is 10.5. The van der Waals surface area contributed by atoms with Crippen LogP contribution in [0.15, 0.2) is 24.3 Å². The van der Waals surface area contributed by atoms with Crippen LogP contribution in [0.2, 0.25) is 0 Å². The molecule has 0 atom stereocenters. The summed E-state index contributed by atoms with van der Waals surface area (Å²) in [4.78, 5) is 0. The topological polar surface area (TPSA) is 21.3 Å². The van der Waals surface area contributed by atoms with Crippen molar-refractivity contribution in [3.05, 3.63) is 35.1 Å². The standard InChI is InChI=1S/C13H18NOS/c1-2-8-15-12-6-4-3-5-11(12)13-10-14-7-9-16-13/h3-6,14H,2,7-10H2,1H3. The van der Waals surface area contributed by atoms with Gasteiger partial charge in [-0.05, 0) is 12.5 Å². The summed E-state index contributed by atoms with van der Waals surface area (Å²) < 4.78 is 5.78. The average molecular weight is 236 g/mol. The summed E-state index contributed by atoms with van der Waals surface area (Å²) in [6, 6.07) is 8.33. The number of hydrogen-bond donors (Lipinski definition) is 1. The normalized spacial score (nSPS) is 17.3. The Hall–Kier alpha value is -0.670. The predicted molar refractivity (Wildman–Crippen MR) is 69.9 cm³/mol. The summed E-state index contributed by atoms with van der Waals surface area (Å²) in [6.45, 7) is 5.00. The van der Waals surface area contributed by atoms with Gasteiger partial charge in [0.2, 0.25) is 0 Å². The van der Waals surface area contributed by atoms with Gasteiger partial charge in [-0.25, -0.2) is 0 Å². The van der Waals surface area contributed by atoms with Crippen LogP contribution in [-0.2, 0) is 0 Å². The molecule has 1 heterocycles. The van der Waals surface area contributed by atoms with Crippen LogP contribution in [-0.4, -0.2) is 25.4 Å². The second-order valence-electron chi connectivity index (χ2n) is 3.79. The van der Waals surface area contributed by atoms with Crippen molar-refractivity contribution < 1.29 is 4.74 Å². The third kappa shape index (κ3) is 2.92. The molecule has 87 valence electrons. The van der Waals surface area contributed by atoms with Crippen molar-refractivity contribution in [2.75, 3.05) is 25.4 Å². The second kappa shape index (κ2) is 6.16. The molecular formula is C13H18NOS. The van der Waals surface area contributed by atoms with E-state index >= 15 is 0 Å². The van der Waals surface area contributed by atoms with E-state index in [-0.39, 0.29) is 0 Å². The first-order valence-corrected chi connectivity index (χ1v) is 6.82. The smallest absolute Gasteiger partial charge is 0.124 e. The largest absolute Gasteiger partial charge is 0.493 e. The van der Waals surface area contributed by atoms with Crippen LogP contribution in [0.5, 0.6) is 5.75 Å².